The molecule has 0 radical (unpaired) electrons. The molecule has 3 rings (SSSR count). The molecule has 98 valence electrons. The monoisotopic (exact) mass is 245 g/mol. The van der Waals surface area contributed by atoms with E-state index in [0.29, 0.717) is 6.04 Å². The van der Waals surface area contributed by atoms with E-state index in [0.717, 1.165) is 18.5 Å². The van der Waals surface area contributed by atoms with Gasteiger partial charge in [0.15, 0.2) is 0 Å². The molecule has 0 spiro atoms. The van der Waals surface area contributed by atoms with Gasteiger partial charge >= 0.3 is 0 Å². The number of nitrogens with one attached hydrogen (secondary N) is 1. The number of rotatable bonds is 4. The lowest BCUT2D eigenvalue weighted by Crippen LogP contribution is -2.30. The molecule has 0 bridgehead atoms. The predicted octanol–water partition coefficient (Wildman–Crippen LogP) is 2.13. The van der Waals surface area contributed by atoms with Crippen molar-refractivity contribution in [2.24, 2.45) is 5.92 Å². The lowest BCUT2D eigenvalue weighted by molar-refractivity contribution is 0.270. The quantitative estimate of drug-likeness (QED) is 0.881. The molecule has 1 N–H and O–H groups in total. The van der Waals surface area contributed by atoms with Gasteiger partial charge in [0.05, 0.1) is 0 Å². The van der Waals surface area contributed by atoms with Gasteiger partial charge in [-0.05, 0) is 62.9 Å². The van der Waals surface area contributed by atoms with Crippen molar-refractivity contribution < 1.29 is 0 Å². The van der Waals surface area contributed by atoms with E-state index in [9.17, 15) is 0 Å². The van der Waals surface area contributed by atoms with E-state index in [1.165, 1.54) is 36.9 Å². The highest BCUT2D eigenvalue weighted by Gasteiger charge is 2.34. The molecule has 1 aromatic rings. The summed E-state index contributed by atoms with van der Waals surface area (Å²) in [6, 6.07) is 3.49. The second-order valence-corrected chi connectivity index (χ2v) is 5.89. The molecule has 2 unspecified atom stereocenters. The van der Waals surface area contributed by atoms with Crippen LogP contribution in [0, 0.1) is 12.8 Å². The zero-order chi connectivity index (χ0) is 12.5. The minimum absolute atomic E-state index is 0.546. The van der Waals surface area contributed by atoms with E-state index in [-0.39, 0.29) is 0 Å². The van der Waals surface area contributed by atoms with Crippen molar-refractivity contribution >= 4 is 0 Å². The van der Waals surface area contributed by atoms with Crippen molar-refractivity contribution in [2.45, 2.75) is 38.3 Å². The average molecular weight is 245 g/mol. The molecular weight excluding hydrogens is 222 g/mol. The van der Waals surface area contributed by atoms with Crippen molar-refractivity contribution in [2.75, 3.05) is 20.1 Å². The van der Waals surface area contributed by atoms with Gasteiger partial charge in [-0.25, -0.2) is 0 Å². The van der Waals surface area contributed by atoms with E-state index in [4.69, 9.17) is 0 Å². The Hall–Kier alpha value is -0.930. The number of pyridine rings is 1. The Morgan fingerprint density at radius 1 is 1.39 bits per heavy atom. The standard InChI is InChI=1S/C15H23N3/c1-11-5-7-16-10-14(11)15-12(6-8-18(15)2)9-17-13-3-4-13/h5,7,10,12-13,15,17H,3-4,6,8-9H2,1-2H3. The zero-order valence-corrected chi connectivity index (χ0v) is 11.4. The first-order valence-corrected chi connectivity index (χ1v) is 7.10. The van der Waals surface area contributed by atoms with Crippen molar-refractivity contribution in [1.82, 2.24) is 15.2 Å². The highest BCUT2D eigenvalue weighted by molar-refractivity contribution is 5.26. The topological polar surface area (TPSA) is 28.2 Å². The Morgan fingerprint density at radius 3 is 2.94 bits per heavy atom. The number of hydrogen-bond acceptors (Lipinski definition) is 3. The zero-order valence-electron chi connectivity index (χ0n) is 11.4. The molecule has 1 saturated carbocycles. The maximum Gasteiger partial charge on any atom is 0.0403 e. The van der Waals surface area contributed by atoms with Gasteiger partial charge in [0.2, 0.25) is 0 Å². The summed E-state index contributed by atoms with van der Waals surface area (Å²) in [7, 11) is 2.24. The third kappa shape index (κ3) is 2.43. The molecule has 1 aromatic heterocycles. The molecule has 0 aromatic carbocycles. The second kappa shape index (κ2) is 4.98. The molecule has 3 heteroatoms. The highest BCUT2D eigenvalue weighted by atomic mass is 15.2. The average Bonchev–Trinajstić information content (AvgIpc) is 3.12. The first kappa shape index (κ1) is 12.1. The lowest BCUT2D eigenvalue weighted by atomic mass is 9.92. The third-order valence-electron chi connectivity index (χ3n) is 4.42. The van der Waals surface area contributed by atoms with E-state index in [1.807, 2.05) is 6.20 Å². The summed E-state index contributed by atoms with van der Waals surface area (Å²) in [5.41, 5.74) is 2.79. The van der Waals surface area contributed by atoms with Gasteiger partial charge in [-0.15, -0.1) is 0 Å². The first-order chi connectivity index (χ1) is 8.75. The third-order valence-corrected chi connectivity index (χ3v) is 4.42. The van der Waals surface area contributed by atoms with Crippen molar-refractivity contribution in [3.8, 4) is 0 Å². The fourth-order valence-corrected chi connectivity index (χ4v) is 3.12. The van der Waals surface area contributed by atoms with Gasteiger partial charge in [0, 0.05) is 31.0 Å². The summed E-state index contributed by atoms with van der Waals surface area (Å²) in [5, 5.41) is 3.69. The van der Waals surface area contributed by atoms with Gasteiger partial charge in [0.1, 0.15) is 0 Å². The second-order valence-electron chi connectivity index (χ2n) is 5.89. The van der Waals surface area contributed by atoms with Gasteiger partial charge in [-0.2, -0.15) is 0 Å². The maximum atomic E-state index is 4.32. The van der Waals surface area contributed by atoms with Crippen LogP contribution < -0.4 is 5.32 Å². The van der Waals surface area contributed by atoms with Crippen molar-refractivity contribution in [1.29, 1.82) is 0 Å². The molecule has 2 heterocycles. The highest BCUT2D eigenvalue weighted by Crippen LogP contribution is 2.37. The van der Waals surface area contributed by atoms with Crippen LogP contribution in [-0.2, 0) is 0 Å². The van der Waals surface area contributed by atoms with Crippen LogP contribution in [0.15, 0.2) is 18.5 Å². The number of aromatic nitrogens is 1. The number of hydrogen-bond donors (Lipinski definition) is 1. The van der Waals surface area contributed by atoms with E-state index in [1.54, 1.807) is 0 Å². The lowest BCUT2D eigenvalue weighted by Gasteiger charge is -2.27. The summed E-state index contributed by atoms with van der Waals surface area (Å²) < 4.78 is 0. The maximum absolute atomic E-state index is 4.32. The Labute approximate surface area is 110 Å². The van der Waals surface area contributed by atoms with Crippen LogP contribution in [0.5, 0.6) is 0 Å². The minimum atomic E-state index is 0.546. The molecule has 0 amide bonds. The Balaban J connectivity index is 1.75. The van der Waals surface area contributed by atoms with E-state index < -0.39 is 0 Å². The van der Waals surface area contributed by atoms with Crippen molar-refractivity contribution in [3.63, 3.8) is 0 Å². The van der Waals surface area contributed by atoms with Crippen LogP contribution in [0.2, 0.25) is 0 Å². The van der Waals surface area contributed by atoms with E-state index in [2.05, 4.69) is 41.4 Å². The summed E-state index contributed by atoms with van der Waals surface area (Å²) in [5.74, 6) is 0.735. The smallest absolute Gasteiger partial charge is 0.0403 e. The predicted molar refractivity (Wildman–Crippen MR) is 73.5 cm³/mol. The SMILES string of the molecule is Cc1ccncc1C1C(CNC2CC2)CCN1C. The fraction of sp³-hybridized carbons (Fsp3) is 0.667. The van der Waals surface area contributed by atoms with Gasteiger partial charge in [-0.3, -0.25) is 9.88 Å². The van der Waals surface area contributed by atoms with E-state index >= 15 is 0 Å². The largest absolute Gasteiger partial charge is 0.314 e. The fourth-order valence-electron chi connectivity index (χ4n) is 3.12. The Kier molecular flexibility index (Phi) is 3.35. The first-order valence-electron chi connectivity index (χ1n) is 7.10. The molecular formula is C15H23N3. The number of nitrogens with zero attached hydrogens (tertiary/aromatic N) is 2. The van der Waals surface area contributed by atoms with Crippen LogP contribution in [0.25, 0.3) is 0 Å². The number of aryl methyl sites for hydroxylation is 1. The van der Waals surface area contributed by atoms with Gasteiger partial charge in [0.25, 0.3) is 0 Å². The Morgan fingerprint density at radius 2 is 2.22 bits per heavy atom. The van der Waals surface area contributed by atoms with Crippen LogP contribution >= 0.6 is 0 Å². The number of likely N-dealkylation sites (tertiary alicyclic amines) is 1. The van der Waals surface area contributed by atoms with Crippen LogP contribution in [0.1, 0.15) is 36.4 Å². The molecule has 1 aliphatic heterocycles. The molecule has 2 atom stereocenters. The molecule has 3 nitrogen and oxygen atoms in total. The van der Waals surface area contributed by atoms with Crippen LogP contribution in [-0.4, -0.2) is 36.1 Å². The van der Waals surface area contributed by atoms with Gasteiger partial charge in [-0.1, -0.05) is 0 Å². The molecule has 2 fully saturated rings. The molecule has 1 aliphatic carbocycles. The molecule has 18 heavy (non-hydrogen) atoms. The normalized spacial score (nSPS) is 28.8. The van der Waals surface area contributed by atoms with Crippen LogP contribution in [0.4, 0.5) is 0 Å². The van der Waals surface area contributed by atoms with Crippen LogP contribution in [0.3, 0.4) is 0 Å². The summed E-state index contributed by atoms with van der Waals surface area (Å²) in [6.07, 6.45) is 8.00. The summed E-state index contributed by atoms with van der Waals surface area (Å²) >= 11 is 0. The minimum Gasteiger partial charge on any atom is -0.314 e. The summed E-state index contributed by atoms with van der Waals surface area (Å²) in [4.78, 5) is 6.81. The van der Waals surface area contributed by atoms with Crippen molar-refractivity contribution in [3.05, 3.63) is 29.6 Å². The summed E-state index contributed by atoms with van der Waals surface area (Å²) in [6.45, 7) is 4.57. The Bertz CT molecular complexity index is 414. The molecule has 2 aliphatic rings. The van der Waals surface area contributed by atoms with Gasteiger partial charge < -0.3 is 5.32 Å². The molecule has 1 saturated heterocycles.